The molecular weight excluding hydrogens is 260 g/mol. The summed E-state index contributed by atoms with van der Waals surface area (Å²) in [5, 5.41) is 4.27. The zero-order valence-corrected chi connectivity index (χ0v) is 12.5. The van der Waals surface area contributed by atoms with Crippen LogP contribution in [0.4, 0.5) is 0 Å². The molecule has 2 fully saturated rings. The smallest absolute Gasteiger partial charge is 0.310 e. The van der Waals surface area contributed by atoms with Crippen LogP contribution in [-0.4, -0.2) is 41.7 Å². The van der Waals surface area contributed by atoms with Gasteiger partial charge in [0, 0.05) is 19.1 Å². The van der Waals surface area contributed by atoms with Crippen molar-refractivity contribution in [2.24, 2.45) is 5.92 Å². The lowest BCUT2D eigenvalue weighted by Crippen LogP contribution is -2.49. The van der Waals surface area contributed by atoms with Gasteiger partial charge in [-0.1, -0.05) is 12.8 Å². The number of hydrogen-bond acceptors (Lipinski definition) is 3. The van der Waals surface area contributed by atoms with Gasteiger partial charge in [0.15, 0.2) is 5.11 Å². The van der Waals surface area contributed by atoms with Gasteiger partial charge in [0.05, 0.1) is 12.5 Å². The number of thiocarbonyl (C=S) groups is 1. The van der Waals surface area contributed by atoms with E-state index in [-0.39, 0.29) is 11.9 Å². The van der Waals surface area contributed by atoms with E-state index in [9.17, 15) is 4.79 Å². The van der Waals surface area contributed by atoms with Gasteiger partial charge in [-0.25, -0.2) is 0 Å². The number of nitrogens with one attached hydrogen (secondary N) is 1. The van der Waals surface area contributed by atoms with Crippen LogP contribution in [0.25, 0.3) is 0 Å². The lowest BCUT2D eigenvalue weighted by molar-refractivity contribution is -0.149. The van der Waals surface area contributed by atoms with E-state index in [1.54, 1.807) is 0 Å². The average Bonchev–Trinajstić information content (AvgIpc) is 2.92. The monoisotopic (exact) mass is 284 g/mol. The lowest BCUT2D eigenvalue weighted by Gasteiger charge is -2.34. The number of carbonyl (C=O) groups excluding carboxylic acids is 1. The number of piperidine rings is 1. The predicted octanol–water partition coefficient (Wildman–Crippen LogP) is 2.08. The molecule has 0 spiro atoms. The van der Waals surface area contributed by atoms with E-state index in [4.69, 9.17) is 17.0 Å². The molecule has 4 nitrogen and oxygen atoms in total. The number of carbonyl (C=O) groups is 1. The van der Waals surface area contributed by atoms with Gasteiger partial charge in [-0.2, -0.15) is 0 Å². The summed E-state index contributed by atoms with van der Waals surface area (Å²) in [6.45, 7) is 3.97. The van der Waals surface area contributed by atoms with Crippen molar-refractivity contribution in [2.75, 3.05) is 19.7 Å². The minimum absolute atomic E-state index is 0.0166. The molecule has 1 heterocycles. The molecular formula is C14H24N2O2S. The molecule has 19 heavy (non-hydrogen) atoms. The Morgan fingerprint density at radius 1 is 1.32 bits per heavy atom. The quantitative estimate of drug-likeness (QED) is 0.635. The SMILES string of the molecule is CCOC(=O)C1CCCN(C(=S)NC2CCCC2)C1. The number of esters is 1. The maximum absolute atomic E-state index is 11.8. The maximum atomic E-state index is 11.8. The Morgan fingerprint density at radius 2 is 2.05 bits per heavy atom. The summed E-state index contributed by atoms with van der Waals surface area (Å²) in [7, 11) is 0. The predicted molar refractivity (Wildman–Crippen MR) is 78.9 cm³/mol. The van der Waals surface area contributed by atoms with E-state index in [1.807, 2.05) is 6.92 Å². The summed E-state index contributed by atoms with van der Waals surface area (Å²) >= 11 is 5.48. The van der Waals surface area contributed by atoms with Crippen molar-refractivity contribution < 1.29 is 9.53 Å². The minimum atomic E-state index is -0.0733. The molecule has 0 aromatic rings. The lowest BCUT2D eigenvalue weighted by atomic mass is 9.98. The van der Waals surface area contributed by atoms with Crippen LogP contribution in [0.3, 0.4) is 0 Å². The highest BCUT2D eigenvalue weighted by Crippen LogP contribution is 2.20. The molecule has 1 N–H and O–H groups in total. The Labute approximate surface area is 120 Å². The first-order chi connectivity index (χ1) is 9.20. The fourth-order valence-corrected chi connectivity index (χ4v) is 3.28. The first kappa shape index (κ1) is 14.6. The molecule has 2 rings (SSSR count). The van der Waals surface area contributed by atoms with Gasteiger partial charge in [-0.05, 0) is 44.8 Å². The van der Waals surface area contributed by atoms with Crippen molar-refractivity contribution in [2.45, 2.75) is 51.5 Å². The van der Waals surface area contributed by atoms with E-state index in [0.717, 1.165) is 24.5 Å². The standard InChI is InChI=1S/C14H24N2O2S/c1-2-18-13(17)11-6-5-9-16(10-11)14(19)15-12-7-3-4-8-12/h11-12H,2-10H2,1H3,(H,15,19). The van der Waals surface area contributed by atoms with E-state index in [1.165, 1.54) is 25.7 Å². The summed E-state index contributed by atoms with van der Waals surface area (Å²) in [6.07, 6.45) is 6.96. The van der Waals surface area contributed by atoms with Gasteiger partial charge in [0.1, 0.15) is 0 Å². The molecule has 2 aliphatic rings. The second-order valence-corrected chi connectivity index (χ2v) is 5.85. The van der Waals surface area contributed by atoms with Crippen molar-refractivity contribution >= 4 is 23.3 Å². The molecule has 5 heteroatoms. The Morgan fingerprint density at radius 3 is 2.74 bits per heavy atom. The van der Waals surface area contributed by atoms with Gasteiger partial charge in [0.25, 0.3) is 0 Å². The number of hydrogen-bond donors (Lipinski definition) is 1. The van der Waals surface area contributed by atoms with Crippen LogP contribution in [-0.2, 0) is 9.53 Å². The second-order valence-electron chi connectivity index (χ2n) is 5.47. The first-order valence-corrected chi connectivity index (χ1v) is 7.83. The number of nitrogens with zero attached hydrogens (tertiary/aromatic N) is 1. The zero-order valence-electron chi connectivity index (χ0n) is 11.7. The first-order valence-electron chi connectivity index (χ1n) is 7.42. The average molecular weight is 284 g/mol. The van der Waals surface area contributed by atoms with Crippen molar-refractivity contribution in [3.8, 4) is 0 Å². The van der Waals surface area contributed by atoms with Crippen LogP contribution >= 0.6 is 12.2 Å². The Balaban J connectivity index is 1.82. The number of likely N-dealkylation sites (tertiary alicyclic amines) is 1. The molecule has 0 amide bonds. The van der Waals surface area contributed by atoms with Gasteiger partial charge < -0.3 is 15.0 Å². The van der Waals surface area contributed by atoms with Gasteiger partial charge in [0.2, 0.25) is 0 Å². The summed E-state index contributed by atoms with van der Waals surface area (Å²) in [5.41, 5.74) is 0. The number of ether oxygens (including phenoxy) is 1. The summed E-state index contributed by atoms with van der Waals surface area (Å²) in [4.78, 5) is 13.9. The van der Waals surface area contributed by atoms with E-state index in [0.29, 0.717) is 19.2 Å². The van der Waals surface area contributed by atoms with Gasteiger partial charge in [-0.3, -0.25) is 4.79 Å². The third-order valence-electron chi connectivity index (χ3n) is 4.01. The molecule has 1 aliphatic heterocycles. The topological polar surface area (TPSA) is 41.6 Å². The fraction of sp³-hybridized carbons (Fsp3) is 0.857. The van der Waals surface area contributed by atoms with Crippen LogP contribution in [0.2, 0.25) is 0 Å². The Bertz CT molecular complexity index is 329. The van der Waals surface area contributed by atoms with E-state index < -0.39 is 0 Å². The normalized spacial score (nSPS) is 24.3. The van der Waals surface area contributed by atoms with Crippen LogP contribution < -0.4 is 5.32 Å². The van der Waals surface area contributed by atoms with Crippen LogP contribution in [0, 0.1) is 5.92 Å². The van der Waals surface area contributed by atoms with Crippen molar-refractivity contribution in [1.29, 1.82) is 0 Å². The van der Waals surface area contributed by atoms with E-state index >= 15 is 0 Å². The second kappa shape index (κ2) is 7.08. The summed E-state index contributed by atoms with van der Waals surface area (Å²) < 4.78 is 5.11. The molecule has 1 atom stereocenters. The molecule has 0 bridgehead atoms. The highest BCUT2D eigenvalue weighted by molar-refractivity contribution is 7.80. The summed E-state index contributed by atoms with van der Waals surface area (Å²) in [6, 6.07) is 0.537. The fourth-order valence-electron chi connectivity index (χ4n) is 2.95. The van der Waals surface area contributed by atoms with Crippen LogP contribution in [0.1, 0.15) is 45.4 Å². The van der Waals surface area contributed by atoms with Crippen molar-refractivity contribution in [3.63, 3.8) is 0 Å². The molecule has 1 unspecified atom stereocenters. The molecule has 108 valence electrons. The Kier molecular flexibility index (Phi) is 5.43. The van der Waals surface area contributed by atoms with Crippen molar-refractivity contribution in [1.82, 2.24) is 10.2 Å². The highest BCUT2D eigenvalue weighted by atomic mass is 32.1. The Hall–Kier alpha value is -0.840. The van der Waals surface area contributed by atoms with Crippen LogP contribution in [0.15, 0.2) is 0 Å². The number of rotatable bonds is 3. The molecule has 0 aromatic carbocycles. The van der Waals surface area contributed by atoms with Crippen molar-refractivity contribution in [3.05, 3.63) is 0 Å². The maximum Gasteiger partial charge on any atom is 0.310 e. The minimum Gasteiger partial charge on any atom is -0.466 e. The molecule has 1 aliphatic carbocycles. The third-order valence-corrected chi connectivity index (χ3v) is 4.39. The molecule has 1 saturated heterocycles. The zero-order chi connectivity index (χ0) is 13.7. The third kappa shape index (κ3) is 4.06. The molecule has 1 saturated carbocycles. The summed E-state index contributed by atoms with van der Waals surface area (Å²) in [5.74, 6) is -0.0899. The van der Waals surface area contributed by atoms with Crippen LogP contribution in [0.5, 0.6) is 0 Å². The van der Waals surface area contributed by atoms with Gasteiger partial charge in [-0.15, -0.1) is 0 Å². The van der Waals surface area contributed by atoms with Gasteiger partial charge >= 0.3 is 5.97 Å². The highest BCUT2D eigenvalue weighted by Gasteiger charge is 2.28. The largest absolute Gasteiger partial charge is 0.466 e. The molecule has 0 radical (unpaired) electrons. The molecule has 0 aromatic heterocycles. The van der Waals surface area contributed by atoms with E-state index in [2.05, 4.69) is 10.2 Å².